The number of carbonyl (C=O) groups is 1. The number of thioether (sulfide) groups is 1. The predicted octanol–water partition coefficient (Wildman–Crippen LogP) is 4.39. The van der Waals surface area contributed by atoms with E-state index in [4.69, 9.17) is 0 Å². The number of amides is 1. The van der Waals surface area contributed by atoms with Crippen LogP contribution in [0.4, 0.5) is 5.00 Å². The summed E-state index contributed by atoms with van der Waals surface area (Å²) in [5, 5.41) is 22.9. The fraction of sp³-hybridized carbons (Fsp3) is 0.368. The molecule has 0 fully saturated rings. The predicted molar refractivity (Wildman–Crippen MR) is 113 cm³/mol. The van der Waals surface area contributed by atoms with E-state index in [9.17, 15) is 10.1 Å². The fourth-order valence-corrected chi connectivity index (χ4v) is 5.82. The fourth-order valence-electron chi connectivity index (χ4n) is 3.24. The molecule has 3 aromatic rings. The molecule has 1 amide bonds. The molecule has 0 saturated heterocycles. The summed E-state index contributed by atoms with van der Waals surface area (Å²) in [6.45, 7) is 0. The first kappa shape index (κ1) is 19.2. The van der Waals surface area contributed by atoms with Gasteiger partial charge in [0, 0.05) is 16.2 Å². The zero-order valence-electron chi connectivity index (χ0n) is 15.2. The third-order valence-electron chi connectivity index (χ3n) is 4.55. The van der Waals surface area contributed by atoms with Crippen LogP contribution in [-0.4, -0.2) is 26.8 Å². The molecule has 0 saturated carbocycles. The van der Waals surface area contributed by atoms with E-state index >= 15 is 0 Å². The van der Waals surface area contributed by atoms with Crippen molar-refractivity contribution in [2.24, 2.45) is 0 Å². The standard InChI is InChI=1S/C19H19N5OS3/c20-10-14-13-6-2-1-3-7-15(13)28-18(14)22-17(25)11-27-19-21-16(23-24-19)9-12-5-4-8-26-12/h4-5,8H,1-3,6-7,9,11H2,(H,22,25)(H,21,23,24). The Bertz CT molecular complexity index is 1000. The number of fused-ring (bicyclic) bond motifs is 1. The van der Waals surface area contributed by atoms with E-state index in [0.29, 0.717) is 22.1 Å². The van der Waals surface area contributed by atoms with Crippen LogP contribution in [0.1, 0.15) is 46.0 Å². The van der Waals surface area contributed by atoms with E-state index in [1.165, 1.54) is 27.9 Å². The molecule has 0 aliphatic heterocycles. The van der Waals surface area contributed by atoms with Crippen molar-refractivity contribution in [3.63, 3.8) is 0 Å². The molecule has 1 aliphatic carbocycles. The Balaban J connectivity index is 1.35. The molecule has 1 aliphatic rings. The first-order chi connectivity index (χ1) is 13.7. The van der Waals surface area contributed by atoms with Crippen LogP contribution in [0.5, 0.6) is 0 Å². The Kier molecular flexibility index (Phi) is 6.10. The van der Waals surface area contributed by atoms with Crippen molar-refractivity contribution in [1.82, 2.24) is 15.2 Å². The average Bonchev–Trinajstić information content (AvgIpc) is 3.39. The summed E-state index contributed by atoms with van der Waals surface area (Å²) in [7, 11) is 0. The molecule has 9 heteroatoms. The van der Waals surface area contributed by atoms with Gasteiger partial charge in [-0.25, -0.2) is 4.98 Å². The highest BCUT2D eigenvalue weighted by Gasteiger charge is 2.21. The number of aryl methyl sites for hydroxylation is 1. The molecule has 4 rings (SSSR count). The number of aromatic nitrogens is 3. The SMILES string of the molecule is N#Cc1c(NC(=O)CSc2n[nH]c(Cc3cccs3)n2)sc2c1CCCCC2. The topological polar surface area (TPSA) is 94.5 Å². The third-order valence-corrected chi connectivity index (χ3v) is 7.48. The molecule has 0 atom stereocenters. The molecule has 0 radical (unpaired) electrons. The second-order valence-corrected chi connectivity index (χ2v) is 9.62. The summed E-state index contributed by atoms with van der Waals surface area (Å²) < 4.78 is 0. The van der Waals surface area contributed by atoms with Gasteiger partial charge in [0.2, 0.25) is 11.1 Å². The molecule has 0 spiro atoms. The first-order valence-electron chi connectivity index (χ1n) is 9.14. The Morgan fingerprint density at radius 1 is 1.36 bits per heavy atom. The lowest BCUT2D eigenvalue weighted by atomic mass is 10.1. The van der Waals surface area contributed by atoms with Crippen LogP contribution < -0.4 is 5.32 Å². The number of nitrogens with zero attached hydrogens (tertiary/aromatic N) is 3. The van der Waals surface area contributed by atoms with Gasteiger partial charge in [0.15, 0.2) is 0 Å². The van der Waals surface area contributed by atoms with Crippen LogP contribution in [0.2, 0.25) is 0 Å². The van der Waals surface area contributed by atoms with Crippen molar-refractivity contribution in [3.8, 4) is 6.07 Å². The molecular weight excluding hydrogens is 410 g/mol. The number of H-pyrrole nitrogens is 1. The number of rotatable bonds is 6. The van der Waals surface area contributed by atoms with Gasteiger partial charge in [0.25, 0.3) is 0 Å². The molecule has 2 N–H and O–H groups in total. The number of anilines is 1. The minimum atomic E-state index is -0.137. The van der Waals surface area contributed by atoms with Crippen LogP contribution >= 0.6 is 34.4 Å². The molecule has 28 heavy (non-hydrogen) atoms. The summed E-state index contributed by atoms with van der Waals surface area (Å²) in [6, 6.07) is 6.36. The van der Waals surface area contributed by atoms with Gasteiger partial charge >= 0.3 is 0 Å². The Morgan fingerprint density at radius 2 is 2.25 bits per heavy atom. The van der Waals surface area contributed by atoms with E-state index in [1.807, 2.05) is 11.4 Å². The molecule has 144 valence electrons. The lowest BCUT2D eigenvalue weighted by Gasteiger charge is -2.02. The van der Waals surface area contributed by atoms with Crippen LogP contribution in [-0.2, 0) is 24.1 Å². The minimum Gasteiger partial charge on any atom is -0.316 e. The van der Waals surface area contributed by atoms with Gasteiger partial charge in [0.05, 0.1) is 11.3 Å². The monoisotopic (exact) mass is 429 g/mol. The molecule has 0 unspecified atom stereocenters. The summed E-state index contributed by atoms with van der Waals surface area (Å²) in [4.78, 5) is 19.3. The van der Waals surface area contributed by atoms with E-state index in [-0.39, 0.29) is 11.7 Å². The zero-order chi connectivity index (χ0) is 19.3. The van der Waals surface area contributed by atoms with E-state index in [2.05, 4.69) is 32.6 Å². The molecule has 3 aromatic heterocycles. The van der Waals surface area contributed by atoms with Crippen molar-refractivity contribution in [2.45, 2.75) is 43.7 Å². The second kappa shape index (κ2) is 8.90. The van der Waals surface area contributed by atoms with Crippen LogP contribution in [0.15, 0.2) is 22.7 Å². The Hall–Kier alpha value is -2.15. The van der Waals surface area contributed by atoms with Gasteiger partial charge in [0.1, 0.15) is 16.9 Å². The smallest absolute Gasteiger partial charge is 0.235 e. The lowest BCUT2D eigenvalue weighted by Crippen LogP contribution is -2.14. The van der Waals surface area contributed by atoms with E-state index in [1.54, 1.807) is 22.7 Å². The highest BCUT2D eigenvalue weighted by atomic mass is 32.2. The Labute approximate surface area is 175 Å². The van der Waals surface area contributed by atoms with Gasteiger partial charge < -0.3 is 5.32 Å². The normalized spacial score (nSPS) is 13.5. The Morgan fingerprint density at radius 3 is 3.07 bits per heavy atom. The third kappa shape index (κ3) is 4.46. The number of nitriles is 1. The summed E-state index contributed by atoms with van der Waals surface area (Å²) in [5.74, 6) is 0.866. The quantitative estimate of drug-likeness (QED) is 0.448. The number of carbonyl (C=O) groups excluding carboxylic acids is 1. The molecule has 6 nitrogen and oxygen atoms in total. The van der Waals surface area contributed by atoms with Gasteiger partial charge in [-0.15, -0.1) is 27.8 Å². The number of hydrogen-bond acceptors (Lipinski definition) is 7. The van der Waals surface area contributed by atoms with Gasteiger partial charge in [-0.3, -0.25) is 9.89 Å². The molecule has 0 bridgehead atoms. The lowest BCUT2D eigenvalue weighted by molar-refractivity contribution is -0.113. The van der Waals surface area contributed by atoms with Crippen LogP contribution in [0.3, 0.4) is 0 Å². The maximum Gasteiger partial charge on any atom is 0.235 e. The maximum atomic E-state index is 12.4. The van der Waals surface area contributed by atoms with Crippen molar-refractivity contribution >= 4 is 45.3 Å². The molecule has 3 heterocycles. The number of thiophene rings is 2. The second-order valence-electron chi connectivity index (χ2n) is 6.54. The number of aromatic amines is 1. The first-order valence-corrected chi connectivity index (χ1v) is 11.8. The minimum absolute atomic E-state index is 0.137. The summed E-state index contributed by atoms with van der Waals surface area (Å²) in [5.41, 5.74) is 1.79. The number of hydrogen-bond donors (Lipinski definition) is 2. The van der Waals surface area contributed by atoms with Crippen molar-refractivity contribution in [2.75, 3.05) is 11.1 Å². The zero-order valence-corrected chi connectivity index (χ0v) is 17.6. The van der Waals surface area contributed by atoms with E-state index < -0.39 is 0 Å². The average molecular weight is 430 g/mol. The number of nitrogens with one attached hydrogen (secondary N) is 2. The van der Waals surface area contributed by atoms with Gasteiger partial charge in [-0.1, -0.05) is 24.2 Å². The van der Waals surface area contributed by atoms with Crippen molar-refractivity contribution in [1.29, 1.82) is 5.26 Å². The largest absolute Gasteiger partial charge is 0.316 e. The highest BCUT2D eigenvalue weighted by molar-refractivity contribution is 7.99. The summed E-state index contributed by atoms with van der Waals surface area (Å²) in [6.07, 6.45) is 6.12. The molecular formula is C19H19N5OS3. The summed E-state index contributed by atoms with van der Waals surface area (Å²) >= 11 is 4.53. The maximum absolute atomic E-state index is 12.4. The van der Waals surface area contributed by atoms with Crippen molar-refractivity contribution < 1.29 is 4.79 Å². The van der Waals surface area contributed by atoms with Crippen LogP contribution in [0.25, 0.3) is 0 Å². The highest BCUT2D eigenvalue weighted by Crippen LogP contribution is 2.37. The van der Waals surface area contributed by atoms with Gasteiger partial charge in [-0.2, -0.15) is 5.26 Å². The van der Waals surface area contributed by atoms with E-state index in [0.717, 1.165) is 37.1 Å². The van der Waals surface area contributed by atoms with Crippen molar-refractivity contribution in [3.05, 3.63) is 44.2 Å². The van der Waals surface area contributed by atoms with Gasteiger partial charge in [-0.05, 0) is 42.7 Å². The van der Waals surface area contributed by atoms with Crippen LogP contribution in [0, 0.1) is 11.3 Å². The molecule has 0 aromatic carbocycles.